The number of carbonyl (C=O) groups excluding carboxylic acids is 1. The number of carbonyl (C=O) groups is 1. The van der Waals surface area contributed by atoms with E-state index in [-0.39, 0.29) is 23.6 Å². The molecule has 0 saturated heterocycles. The number of nitrogens with zero attached hydrogens (tertiary/aromatic N) is 5. The van der Waals surface area contributed by atoms with Gasteiger partial charge in [0.1, 0.15) is 17.8 Å². The molecule has 0 radical (unpaired) electrons. The second-order valence-electron chi connectivity index (χ2n) is 7.91. The molecule has 0 aliphatic heterocycles. The van der Waals surface area contributed by atoms with Gasteiger partial charge in [-0.25, -0.2) is 14.6 Å². The number of para-hydroxylation sites is 1. The molecule has 0 aliphatic rings. The van der Waals surface area contributed by atoms with Crippen LogP contribution < -0.4 is 15.4 Å². The third-order valence-corrected chi connectivity index (χ3v) is 5.20. The summed E-state index contributed by atoms with van der Waals surface area (Å²) in [6.45, 7) is 8.07. The maximum atomic E-state index is 12.5. The van der Waals surface area contributed by atoms with E-state index in [2.05, 4.69) is 16.5 Å². The average Bonchev–Trinajstić information content (AvgIpc) is 3.21. The van der Waals surface area contributed by atoms with E-state index < -0.39 is 0 Å². The van der Waals surface area contributed by atoms with Crippen molar-refractivity contribution in [2.45, 2.75) is 26.5 Å². The molecule has 4 rings (SSSR count). The molecule has 0 fully saturated rings. The van der Waals surface area contributed by atoms with Crippen LogP contribution in [-0.4, -0.2) is 43.4 Å². The van der Waals surface area contributed by atoms with Crippen LogP contribution in [0.2, 0.25) is 0 Å². The molecule has 2 aromatic heterocycles. The van der Waals surface area contributed by atoms with Crippen LogP contribution in [0.25, 0.3) is 22.3 Å². The van der Waals surface area contributed by atoms with E-state index in [1.165, 1.54) is 12.4 Å². The van der Waals surface area contributed by atoms with Crippen molar-refractivity contribution in [2.75, 3.05) is 17.2 Å². The predicted molar refractivity (Wildman–Crippen MR) is 132 cm³/mol. The molecule has 0 unspecified atom stereocenters. The van der Waals surface area contributed by atoms with E-state index in [1.54, 1.807) is 27.8 Å². The minimum absolute atomic E-state index is 0.00356. The maximum absolute atomic E-state index is 12.5. The minimum Gasteiger partial charge on any atom is -0.504 e. The summed E-state index contributed by atoms with van der Waals surface area (Å²) in [6, 6.07) is 14.4. The number of benzene rings is 2. The highest BCUT2D eigenvalue weighted by atomic mass is 16.5. The Kier molecular flexibility index (Phi) is 6.44. The number of rotatable bonds is 8. The molecule has 1 amide bonds. The molecule has 9 nitrogen and oxygen atoms in total. The summed E-state index contributed by atoms with van der Waals surface area (Å²) >= 11 is 0. The SMILES string of the molecule is C=CC(=O)N(CCn1nc(-c2ccc(OC(C)C)c(O)c2)c2c(N)ncnc21)c1ccccc1. The van der Waals surface area contributed by atoms with Crippen LogP contribution in [0.5, 0.6) is 11.5 Å². The lowest BCUT2D eigenvalue weighted by atomic mass is 10.1. The number of ether oxygens (including phenoxy) is 1. The largest absolute Gasteiger partial charge is 0.504 e. The maximum Gasteiger partial charge on any atom is 0.250 e. The fourth-order valence-corrected chi connectivity index (χ4v) is 3.69. The van der Waals surface area contributed by atoms with Gasteiger partial charge < -0.3 is 20.5 Å². The number of amides is 1. The summed E-state index contributed by atoms with van der Waals surface area (Å²) in [6.07, 6.45) is 2.58. The highest BCUT2D eigenvalue weighted by Crippen LogP contribution is 2.36. The second-order valence-corrected chi connectivity index (χ2v) is 7.91. The third-order valence-electron chi connectivity index (χ3n) is 5.20. The predicted octanol–water partition coefficient (Wildman–Crippen LogP) is 3.79. The van der Waals surface area contributed by atoms with Crippen molar-refractivity contribution in [1.29, 1.82) is 0 Å². The van der Waals surface area contributed by atoms with Gasteiger partial charge in [-0.15, -0.1) is 0 Å². The molecular formula is C25H26N6O3. The molecule has 0 bridgehead atoms. The van der Waals surface area contributed by atoms with Gasteiger partial charge in [0.25, 0.3) is 0 Å². The number of hydrogen-bond acceptors (Lipinski definition) is 7. The van der Waals surface area contributed by atoms with Crippen molar-refractivity contribution < 1.29 is 14.6 Å². The van der Waals surface area contributed by atoms with Gasteiger partial charge in [0.05, 0.1) is 18.0 Å². The number of anilines is 2. The normalized spacial score (nSPS) is 11.0. The molecular weight excluding hydrogens is 432 g/mol. The van der Waals surface area contributed by atoms with Crippen LogP contribution in [0.4, 0.5) is 11.5 Å². The van der Waals surface area contributed by atoms with Gasteiger partial charge in [-0.1, -0.05) is 24.8 Å². The molecule has 0 spiro atoms. The molecule has 2 aromatic carbocycles. The fraction of sp³-hybridized carbons (Fsp3) is 0.200. The average molecular weight is 459 g/mol. The fourth-order valence-electron chi connectivity index (χ4n) is 3.69. The summed E-state index contributed by atoms with van der Waals surface area (Å²) in [5.74, 6) is 0.433. The third kappa shape index (κ3) is 4.54. The number of nitrogens with two attached hydrogens (primary N) is 1. The zero-order chi connectivity index (χ0) is 24.2. The van der Waals surface area contributed by atoms with Gasteiger partial charge in [0, 0.05) is 17.8 Å². The Bertz CT molecular complexity index is 1330. The van der Waals surface area contributed by atoms with Crippen LogP contribution in [0.15, 0.2) is 67.5 Å². The molecule has 0 atom stereocenters. The van der Waals surface area contributed by atoms with Crippen molar-refractivity contribution in [3.63, 3.8) is 0 Å². The van der Waals surface area contributed by atoms with Crippen molar-refractivity contribution in [2.24, 2.45) is 0 Å². The Morgan fingerprint density at radius 1 is 1.24 bits per heavy atom. The summed E-state index contributed by atoms with van der Waals surface area (Å²) in [5, 5.41) is 15.8. The van der Waals surface area contributed by atoms with Crippen LogP contribution in [-0.2, 0) is 11.3 Å². The number of phenolic OH excluding ortho intramolecular Hbond substituents is 1. The van der Waals surface area contributed by atoms with Crippen molar-refractivity contribution in [1.82, 2.24) is 19.7 Å². The van der Waals surface area contributed by atoms with E-state index in [9.17, 15) is 9.90 Å². The van der Waals surface area contributed by atoms with Crippen LogP contribution in [0, 0.1) is 0 Å². The van der Waals surface area contributed by atoms with Gasteiger partial charge in [-0.2, -0.15) is 5.10 Å². The lowest BCUT2D eigenvalue weighted by molar-refractivity contribution is -0.114. The van der Waals surface area contributed by atoms with E-state index >= 15 is 0 Å². The van der Waals surface area contributed by atoms with E-state index in [0.29, 0.717) is 41.1 Å². The molecule has 174 valence electrons. The van der Waals surface area contributed by atoms with Crippen molar-refractivity contribution in [3.8, 4) is 22.8 Å². The highest BCUT2D eigenvalue weighted by molar-refractivity contribution is 6.01. The standard InChI is InChI=1S/C25H26N6O3/c1-4-21(33)30(18-8-6-5-7-9-18)12-13-31-25-22(24(26)27-15-28-25)23(29-31)17-10-11-20(19(32)14-17)34-16(2)3/h4-11,14-16,32H,1,12-13H2,2-3H3,(H2,26,27,28). The Balaban J connectivity index is 1.71. The molecule has 0 aliphatic carbocycles. The van der Waals surface area contributed by atoms with E-state index in [0.717, 1.165) is 5.69 Å². The molecule has 9 heteroatoms. The lowest BCUT2D eigenvalue weighted by Gasteiger charge is -2.21. The lowest BCUT2D eigenvalue weighted by Crippen LogP contribution is -2.32. The first-order valence-corrected chi connectivity index (χ1v) is 10.8. The summed E-state index contributed by atoms with van der Waals surface area (Å²) in [5.41, 5.74) is 8.64. The number of fused-ring (bicyclic) bond motifs is 1. The number of nitrogen functional groups attached to an aromatic ring is 1. The Morgan fingerprint density at radius 3 is 2.68 bits per heavy atom. The molecule has 3 N–H and O–H groups in total. The molecule has 2 heterocycles. The van der Waals surface area contributed by atoms with Gasteiger partial charge in [-0.05, 0) is 50.3 Å². The number of aromatic hydroxyl groups is 1. The number of hydrogen-bond donors (Lipinski definition) is 2. The number of phenols is 1. The molecule has 0 saturated carbocycles. The molecule has 34 heavy (non-hydrogen) atoms. The Hall–Kier alpha value is -4.40. The van der Waals surface area contributed by atoms with Crippen LogP contribution in [0.3, 0.4) is 0 Å². The highest BCUT2D eigenvalue weighted by Gasteiger charge is 2.20. The quantitative estimate of drug-likeness (QED) is 0.386. The van der Waals surface area contributed by atoms with Gasteiger partial charge >= 0.3 is 0 Å². The van der Waals surface area contributed by atoms with Gasteiger partial charge in [0.2, 0.25) is 5.91 Å². The smallest absolute Gasteiger partial charge is 0.250 e. The van der Waals surface area contributed by atoms with E-state index in [1.807, 2.05) is 44.2 Å². The Morgan fingerprint density at radius 2 is 2.00 bits per heavy atom. The van der Waals surface area contributed by atoms with Crippen LogP contribution in [0.1, 0.15) is 13.8 Å². The van der Waals surface area contributed by atoms with Gasteiger partial charge in [0.15, 0.2) is 17.1 Å². The summed E-state index contributed by atoms with van der Waals surface area (Å²) in [7, 11) is 0. The Labute approximate surface area is 197 Å². The summed E-state index contributed by atoms with van der Waals surface area (Å²) < 4.78 is 7.31. The van der Waals surface area contributed by atoms with Crippen molar-refractivity contribution >= 4 is 28.4 Å². The topological polar surface area (TPSA) is 119 Å². The first-order chi connectivity index (χ1) is 16.4. The van der Waals surface area contributed by atoms with Crippen LogP contribution >= 0.6 is 0 Å². The van der Waals surface area contributed by atoms with E-state index in [4.69, 9.17) is 15.6 Å². The number of aromatic nitrogens is 4. The first-order valence-electron chi connectivity index (χ1n) is 10.8. The second kappa shape index (κ2) is 9.62. The van der Waals surface area contributed by atoms with Gasteiger partial charge in [-0.3, -0.25) is 4.79 Å². The minimum atomic E-state index is -0.220. The first kappa shape index (κ1) is 22.8. The zero-order valence-corrected chi connectivity index (χ0v) is 19.0. The van der Waals surface area contributed by atoms with Crippen molar-refractivity contribution in [3.05, 3.63) is 67.5 Å². The molecule has 4 aromatic rings. The monoisotopic (exact) mass is 458 g/mol. The summed E-state index contributed by atoms with van der Waals surface area (Å²) in [4.78, 5) is 22.6. The zero-order valence-electron chi connectivity index (χ0n) is 19.0.